The molecular formula is C12H23NO5S. The van der Waals surface area contributed by atoms with E-state index in [1.807, 2.05) is 0 Å². The summed E-state index contributed by atoms with van der Waals surface area (Å²) in [6.07, 6.45) is 3.96. The number of hydrogen-bond acceptors (Lipinski definition) is 5. The maximum atomic E-state index is 12.1. The Balaban J connectivity index is 2.49. The van der Waals surface area contributed by atoms with Crippen molar-refractivity contribution in [1.82, 2.24) is 4.72 Å². The van der Waals surface area contributed by atoms with Crippen molar-refractivity contribution in [2.24, 2.45) is 5.92 Å². The molecular weight excluding hydrogens is 270 g/mol. The molecule has 2 N–H and O–H groups in total. The molecule has 0 amide bonds. The molecule has 0 aromatic rings. The number of aliphatic hydroxyl groups excluding tert-OH is 1. The minimum atomic E-state index is -3.46. The first-order chi connectivity index (χ1) is 9.03. The average molecular weight is 293 g/mol. The molecule has 7 heteroatoms. The van der Waals surface area contributed by atoms with Gasteiger partial charge in [-0.2, -0.15) is 0 Å². The van der Waals surface area contributed by atoms with E-state index in [2.05, 4.69) is 9.46 Å². The van der Waals surface area contributed by atoms with E-state index in [4.69, 9.17) is 5.11 Å². The van der Waals surface area contributed by atoms with Gasteiger partial charge in [-0.15, -0.1) is 0 Å². The van der Waals surface area contributed by atoms with Crippen LogP contribution in [0.4, 0.5) is 0 Å². The summed E-state index contributed by atoms with van der Waals surface area (Å²) in [6, 6.07) is 0. The SMILES string of the molecule is COC(=O)C1CCCC1S(=O)(=O)NCCCCCO. The first kappa shape index (κ1) is 16.4. The van der Waals surface area contributed by atoms with Crippen LogP contribution < -0.4 is 4.72 Å². The van der Waals surface area contributed by atoms with Gasteiger partial charge in [0.05, 0.1) is 18.3 Å². The van der Waals surface area contributed by atoms with E-state index in [0.29, 0.717) is 32.2 Å². The highest BCUT2D eigenvalue weighted by Crippen LogP contribution is 2.31. The molecule has 1 fully saturated rings. The second-order valence-corrected chi connectivity index (χ2v) is 6.81. The molecule has 1 rings (SSSR count). The molecule has 1 aliphatic rings. The van der Waals surface area contributed by atoms with Crippen molar-refractivity contribution in [2.45, 2.75) is 43.8 Å². The highest BCUT2D eigenvalue weighted by atomic mass is 32.2. The number of sulfonamides is 1. The third-order valence-electron chi connectivity index (χ3n) is 3.49. The summed E-state index contributed by atoms with van der Waals surface area (Å²) in [7, 11) is -2.18. The lowest BCUT2D eigenvalue weighted by molar-refractivity contribution is -0.145. The molecule has 0 spiro atoms. The smallest absolute Gasteiger partial charge is 0.310 e. The van der Waals surface area contributed by atoms with E-state index in [0.717, 1.165) is 12.8 Å². The van der Waals surface area contributed by atoms with Crippen molar-refractivity contribution >= 4 is 16.0 Å². The molecule has 0 radical (unpaired) electrons. The van der Waals surface area contributed by atoms with Gasteiger partial charge in [0, 0.05) is 13.2 Å². The molecule has 0 saturated heterocycles. The van der Waals surface area contributed by atoms with Crippen molar-refractivity contribution < 1.29 is 23.1 Å². The van der Waals surface area contributed by atoms with Gasteiger partial charge >= 0.3 is 5.97 Å². The molecule has 2 unspecified atom stereocenters. The summed E-state index contributed by atoms with van der Waals surface area (Å²) in [5.74, 6) is -0.979. The molecule has 0 aromatic heterocycles. The number of rotatable bonds is 8. The highest BCUT2D eigenvalue weighted by Gasteiger charge is 2.41. The Morgan fingerprint density at radius 1 is 1.32 bits per heavy atom. The van der Waals surface area contributed by atoms with Crippen molar-refractivity contribution in [3.63, 3.8) is 0 Å². The van der Waals surface area contributed by atoms with Crippen LogP contribution in [0, 0.1) is 5.92 Å². The fraction of sp³-hybridized carbons (Fsp3) is 0.917. The Morgan fingerprint density at radius 3 is 2.68 bits per heavy atom. The summed E-state index contributed by atoms with van der Waals surface area (Å²) < 4.78 is 31.5. The third kappa shape index (κ3) is 4.74. The van der Waals surface area contributed by atoms with Crippen LogP contribution in [0.15, 0.2) is 0 Å². The maximum Gasteiger partial charge on any atom is 0.310 e. The lowest BCUT2D eigenvalue weighted by Gasteiger charge is -2.18. The van der Waals surface area contributed by atoms with Gasteiger partial charge in [0.2, 0.25) is 10.0 Å². The Bertz CT molecular complexity index is 382. The van der Waals surface area contributed by atoms with Gasteiger partial charge in [0.25, 0.3) is 0 Å². The van der Waals surface area contributed by atoms with Gasteiger partial charge in [-0.3, -0.25) is 4.79 Å². The highest BCUT2D eigenvalue weighted by molar-refractivity contribution is 7.90. The number of aliphatic hydroxyl groups is 1. The van der Waals surface area contributed by atoms with Crippen LogP contribution in [0.25, 0.3) is 0 Å². The zero-order chi connectivity index (χ0) is 14.3. The molecule has 0 bridgehead atoms. The van der Waals surface area contributed by atoms with Crippen LogP contribution in [0.2, 0.25) is 0 Å². The number of carbonyl (C=O) groups is 1. The van der Waals surface area contributed by atoms with Crippen molar-refractivity contribution in [1.29, 1.82) is 0 Å². The molecule has 1 aliphatic carbocycles. The normalized spacial score (nSPS) is 23.5. The van der Waals surface area contributed by atoms with E-state index in [9.17, 15) is 13.2 Å². The fourth-order valence-electron chi connectivity index (χ4n) is 2.45. The Hall–Kier alpha value is -0.660. The number of nitrogens with one attached hydrogen (secondary N) is 1. The van der Waals surface area contributed by atoms with Crippen molar-refractivity contribution in [3.05, 3.63) is 0 Å². The number of hydrogen-bond donors (Lipinski definition) is 2. The van der Waals surface area contributed by atoms with E-state index in [-0.39, 0.29) is 6.61 Å². The zero-order valence-electron chi connectivity index (χ0n) is 11.3. The van der Waals surface area contributed by atoms with Crippen molar-refractivity contribution in [2.75, 3.05) is 20.3 Å². The minimum Gasteiger partial charge on any atom is -0.469 e. The second-order valence-electron chi connectivity index (χ2n) is 4.82. The Morgan fingerprint density at radius 2 is 2.05 bits per heavy atom. The lowest BCUT2D eigenvalue weighted by Crippen LogP contribution is -2.39. The second kappa shape index (κ2) is 7.81. The van der Waals surface area contributed by atoms with Crippen molar-refractivity contribution in [3.8, 4) is 0 Å². The third-order valence-corrected chi connectivity index (χ3v) is 5.46. The largest absolute Gasteiger partial charge is 0.469 e. The first-order valence-corrected chi connectivity index (χ1v) is 8.24. The monoisotopic (exact) mass is 293 g/mol. The topological polar surface area (TPSA) is 92.7 Å². The van der Waals surface area contributed by atoms with Gasteiger partial charge in [0.1, 0.15) is 0 Å². The van der Waals surface area contributed by atoms with Gasteiger partial charge in [0.15, 0.2) is 0 Å². The summed E-state index contributed by atoms with van der Waals surface area (Å²) in [6.45, 7) is 0.479. The number of unbranched alkanes of at least 4 members (excludes halogenated alkanes) is 2. The minimum absolute atomic E-state index is 0.125. The van der Waals surface area contributed by atoms with Crippen LogP contribution in [0.5, 0.6) is 0 Å². The molecule has 0 aliphatic heterocycles. The van der Waals surface area contributed by atoms with Crippen LogP contribution >= 0.6 is 0 Å². The van der Waals surface area contributed by atoms with Gasteiger partial charge in [-0.1, -0.05) is 6.42 Å². The Labute approximate surface area is 114 Å². The number of esters is 1. The average Bonchev–Trinajstić information content (AvgIpc) is 2.87. The van der Waals surface area contributed by atoms with Gasteiger partial charge in [-0.25, -0.2) is 13.1 Å². The molecule has 0 heterocycles. The van der Waals surface area contributed by atoms with E-state index >= 15 is 0 Å². The van der Waals surface area contributed by atoms with Crippen LogP contribution in [0.3, 0.4) is 0 Å². The van der Waals surface area contributed by atoms with E-state index in [1.165, 1.54) is 7.11 Å². The number of carbonyl (C=O) groups excluding carboxylic acids is 1. The summed E-state index contributed by atoms with van der Waals surface area (Å²) in [5, 5.41) is 7.96. The maximum absolute atomic E-state index is 12.1. The molecule has 1 saturated carbocycles. The Kier molecular flexibility index (Phi) is 6.74. The van der Waals surface area contributed by atoms with Gasteiger partial charge in [-0.05, 0) is 32.1 Å². The molecule has 6 nitrogen and oxygen atoms in total. The summed E-state index contributed by atoms with van der Waals surface area (Å²) >= 11 is 0. The fourth-order valence-corrected chi connectivity index (χ4v) is 4.25. The standard InChI is InChI=1S/C12H23NO5S/c1-18-12(15)10-6-5-7-11(10)19(16,17)13-8-3-2-4-9-14/h10-11,13-14H,2-9H2,1H3. The molecule has 19 heavy (non-hydrogen) atoms. The van der Waals surface area contributed by atoms with Crippen LogP contribution in [0.1, 0.15) is 38.5 Å². The zero-order valence-corrected chi connectivity index (χ0v) is 12.1. The number of ether oxygens (including phenoxy) is 1. The molecule has 2 atom stereocenters. The summed E-state index contributed by atoms with van der Waals surface area (Å²) in [4.78, 5) is 11.5. The van der Waals surface area contributed by atoms with E-state index in [1.54, 1.807) is 0 Å². The molecule has 112 valence electrons. The summed E-state index contributed by atoms with van der Waals surface area (Å²) in [5.41, 5.74) is 0. The molecule has 0 aromatic carbocycles. The number of methoxy groups -OCH3 is 1. The predicted octanol–water partition coefficient (Wildman–Crippen LogP) is 0.410. The van der Waals surface area contributed by atoms with E-state index < -0.39 is 27.2 Å². The lowest BCUT2D eigenvalue weighted by atomic mass is 10.1. The first-order valence-electron chi connectivity index (χ1n) is 6.70. The van der Waals surface area contributed by atoms with Crippen LogP contribution in [-0.2, 0) is 19.6 Å². The quantitative estimate of drug-likeness (QED) is 0.499. The predicted molar refractivity (Wildman–Crippen MR) is 71.0 cm³/mol. The van der Waals surface area contributed by atoms with Gasteiger partial charge < -0.3 is 9.84 Å². The van der Waals surface area contributed by atoms with Crippen LogP contribution in [-0.4, -0.2) is 45.0 Å².